The van der Waals surface area contributed by atoms with Gasteiger partial charge in [-0.25, -0.2) is 8.42 Å². The largest absolute Gasteiger partial charge is 0.488 e. The molecule has 0 bridgehead atoms. The number of alkyl halides is 3. The van der Waals surface area contributed by atoms with Crippen molar-refractivity contribution in [2.45, 2.75) is 31.8 Å². The van der Waals surface area contributed by atoms with Crippen LogP contribution < -0.4 is 14.8 Å². The van der Waals surface area contributed by atoms with Gasteiger partial charge in [0, 0.05) is 19.3 Å². The summed E-state index contributed by atoms with van der Waals surface area (Å²) < 4.78 is 69.2. The zero-order chi connectivity index (χ0) is 20.8. The van der Waals surface area contributed by atoms with Crippen molar-refractivity contribution < 1.29 is 26.3 Å². The van der Waals surface area contributed by atoms with E-state index in [-0.39, 0.29) is 11.7 Å². The lowest BCUT2D eigenvalue weighted by molar-refractivity contribution is -0.153. The van der Waals surface area contributed by atoms with E-state index in [2.05, 4.69) is 10.3 Å². The van der Waals surface area contributed by atoms with Crippen LogP contribution >= 0.6 is 0 Å². The van der Waals surface area contributed by atoms with E-state index in [0.717, 1.165) is 5.56 Å². The minimum atomic E-state index is -4.73. The summed E-state index contributed by atoms with van der Waals surface area (Å²) in [6.45, 7) is 2.84. The molecule has 0 aliphatic rings. The zero-order valence-corrected chi connectivity index (χ0v) is 16.2. The Labute approximate surface area is 162 Å². The first kappa shape index (κ1) is 22.1. The highest BCUT2D eigenvalue weighted by Crippen LogP contribution is 2.33. The summed E-state index contributed by atoms with van der Waals surface area (Å²) in [5.74, 6) is 0.651. The molecule has 10 heteroatoms. The summed E-state index contributed by atoms with van der Waals surface area (Å²) in [4.78, 5) is 3.96. The zero-order valence-electron chi connectivity index (χ0n) is 15.4. The maximum Gasteiger partial charge on any atom is 0.408 e. The van der Waals surface area contributed by atoms with E-state index in [1.54, 1.807) is 29.2 Å². The smallest absolute Gasteiger partial charge is 0.408 e. The molecule has 1 aromatic carbocycles. The van der Waals surface area contributed by atoms with Gasteiger partial charge in [0.15, 0.2) is 0 Å². The van der Waals surface area contributed by atoms with Crippen LogP contribution in [0.15, 0.2) is 48.8 Å². The van der Waals surface area contributed by atoms with Gasteiger partial charge in [0.1, 0.15) is 17.9 Å². The predicted octanol–water partition coefficient (Wildman–Crippen LogP) is 2.79. The molecule has 154 valence electrons. The molecular weight excluding hydrogens is 395 g/mol. The minimum Gasteiger partial charge on any atom is -0.488 e. The van der Waals surface area contributed by atoms with E-state index in [9.17, 15) is 21.6 Å². The minimum absolute atomic E-state index is 0.128. The molecule has 2 N–H and O–H groups in total. The molecule has 0 unspecified atom stereocenters. The molecule has 0 saturated carbocycles. The van der Waals surface area contributed by atoms with Gasteiger partial charge in [-0.15, -0.1) is 0 Å². The molecule has 1 aromatic heterocycles. The number of halogens is 3. The molecule has 0 spiro atoms. The van der Waals surface area contributed by atoms with Crippen LogP contribution in [0.1, 0.15) is 24.1 Å². The number of pyridine rings is 1. The Balaban J connectivity index is 1.91. The van der Waals surface area contributed by atoms with Gasteiger partial charge < -0.3 is 10.1 Å². The molecule has 28 heavy (non-hydrogen) atoms. The number of nitrogens with one attached hydrogen (secondary N) is 2. The average Bonchev–Trinajstić information content (AvgIpc) is 2.60. The molecule has 0 amide bonds. The van der Waals surface area contributed by atoms with Gasteiger partial charge in [0.05, 0.1) is 12.5 Å². The monoisotopic (exact) mass is 417 g/mol. The van der Waals surface area contributed by atoms with Gasteiger partial charge in [-0.2, -0.15) is 17.9 Å². The van der Waals surface area contributed by atoms with Gasteiger partial charge in [-0.3, -0.25) is 4.98 Å². The summed E-state index contributed by atoms with van der Waals surface area (Å²) in [5, 5.41) is 3.16. The van der Waals surface area contributed by atoms with E-state index in [0.29, 0.717) is 25.1 Å². The Morgan fingerprint density at radius 1 is 1.18 bits per heavy atom. The van der Waals surface area contributed by atoms with E-state index >= 15 is 0 Å². The van der Waals surface area contributed by atoms with Crippen molar-refractivity contribution in [3.8, 4) is 5.75 Å². The van der Waals surface area contributed by atoms with Crippen molar-refractivity contribution in [1.82, 2.24) is 15.0 Å². The quantitative estimate of drug-likeness (QED) is 0.656. The van der Waals surface area contributed by atoms with E-state index < -0.39 is 22.2 Å². The first-order chi connectivity index (χ1) is 13.0. The van der Waals surface area contributed by atoms with Crippen molar-refractivity contribution in [3.05, 3.63) is 59.9 Å². The number of hydrogen-bond donors (Lipinski definition) is 2. The van der Waals surface area contributed by atoms with Crippen LogP contribution in [0, 0.1) is 0 Å². The first-order valence-corrected chi connectivity index (χ1v) is 10.3. The second kappa shape index (κ2) is 9.35. The molecule has 0 aliphatic heterocycles. The van der Waals surface area contributed by atoms with Gasteiger partial charge in [0.2, 0.25) is 10.0 Å². The fourth-order valence-electron chi connectivity index (χ4n) is 2.48. The van der Waals surface area contributed by atoms with E-state index in [1.165, 1.54) is 24.3 Å². The molecule has 0 radical (unpaired) electrons. The summed E-state index contributed by atoms with van der Waals surface area (Å²) in [7, 11) is -4.02. The standard InChI is InChI=1S/C18H22F3N3O3S/c1-13(27-16-4-3-9-22-12-16)10-23-11-14-5-7-15(8-6-14)17(18(19,20)21)24-28(2,25)26/h3-9,12-13,17,23-24H,10-11H2,1-2H3/t13-,17+/m1/s1. The number of sulfonamides is 1. The van der Waals surface area contributed by atoms with Crippen molar-refractivity contribution in [2.75, 3.05) is 12.8 Å². The predicted molar refractivity (Wildman–Crippen MR) is 99.3 cm³/mol. The number of hydrogen-bond acceptors (Lipinski definition) is 5. The molecule has 0 aliphatic carbocycles. The lowest BCUT2D eigenvalue weighted by Crippen LogP contribution is -2.37. The van der Waals surface area contributed by atoms with Crippen molar-refractivity contribution in [3.63, 3.8) is 0 Å². The van der Waals surface area contributed by atoms with E-state index in [1.807, 2.05) is 6.92 Å². The second-order valence-corrected chi connectivity index (χ2v) is 8.13. The number of benzene rings is 1. The number of rotatable bonds is 9. The van der Waals surface area contributed by atoms with Crippen LogP contribution in [0.2, 0.25) is 0 Å². The molecule has 2 aromatic rings. The number of aromatic nitrogens is 1. The van der Waals surface area contributed by atoms with Crippen molar-refractivity contribution >= 4 is 10.0 Å². The van der Waals surface area contributed by atoms with Crippen LogP contribution in [-0.4, -0.2) is 38.5 Å². The molecule has 0 saturated heterocycles. The van der Waals surface area contributed by atoms with Gasteiger partial charge >= 0.3 is 6.18 Å². The highest BCUT2D eigenvalue weighted by Gasteiger charge is 2.42. The fraction of sp³-hybridized carbons (Fsp3) is 0.389. The van der Waals surface area contributed by atoms with Crippen molar-refractivity contribution in [1.29, 1.82) is 0 Å². The van der Waals surface area contributed by atoms with Gasteiger partial charge in [-0.05, 0) is 30.2 Å². The third kappa shape index (κ3) is 7.45. The maximum absolute atomic E-state index is 13.1. The summed E-state index contributed by atoms with van der Waals surface area (Å²) in [5.41, 5.74) is 0.590. The summed E-state index contributed by atoms with van der Waals surface area (Å²) in [6, 6.07) is 6.87. The van der Waals surface area contributed by atoms with Crippen LogP contribution in [0.5, 0.6) is 5.75 Å². The van der Waals surface area contributed by atoms with Gasteiger partial charge in [-0.1, -0.05) is 24.3 Å². The lowest BCUT2D eigenvalue weighted by atomic mass is 10.1. The highest BCUT2D eigenvalue weighted by atomic mass is 32.2. The second-order valence-electron chi connectivity index (χ2n) is 6.35. The average molecular weight is 417 g/mol. The van der Waals surface area contributed by atoms with Crippen LogP contribution in [0.3, 0.4) is 0 Å². The topological polar surface area (TPSA) is 80.3 Å². The molecule has 2 rings (SSSR count). The SMILES string of the molecule is C[C@H](CNCc1ccc([C@H](NS(C)(=O)=O)C(F)(F)F)cc1)Oc1cccnc1. The van der Waals surface area contributed by atoms with E-state index in [4.69, 9.17) is 4.74 Å². The van der Waals surface area contributed by atoms with Crippen LogP contribution in [0.4, 0.5) is 13.2 Å². The summed E-state index contributed by atoms with van der Waals surface area (Å²) >= 11 is 0. The Morgan fingerprint density at radius 3 is 2.39 bits per heavy atom. The lowest BCUT2D eigenvalue weighted by Gasteiger charge is -2.21. The highest BCUT2D eigenvalue weighted by molar-refractivity contribution is 7.88. The van der Waals surface area contributed by atoms with Crippen LogP contribution in [-0.2, 0) is 16.6 Å². The Bertz CT molecular complexity index is 844. The van der Waals surface area contributed by atoms with Gasteiger partial charge in [0.25, 0.3) is 0 Å². The fourth-order valence-corrected chi connectivity index (χ4v) is 3.17. The first-order valence-electron chi connectivity index (χ1n) is 8.45. The van der Waals surface area contributed by atoms with Crippen molar-refractivity contribution in [2.24, 2.45) is 0 Å². The molecule has 6 nitrogen and oxygen atoms in total. The Hall–Kier alpha value is -2.17. The maximum atomic E-state index is 13.1. The number of ether oxygens (including phenoxy) is 1. The Kier molecular flexibility index (Phi) is 7.39. The molecule has 1 heterocycles. The normalized spacial score (nSPS) is 14.5. The Morgan fingerprint density at radius 2 is 1.86 bits per heavy atom. The van der Waals surface area contributed by atoms with Crippen LogP contribution in [0.25, 0.3) is 0 Å². The molecule has 2 atom stereocenters. The summed E-state index contributed by atoms with van der Waals surface area (Å²) in [6.07, 6.45) is -0.914. The third-order valence-electron chi connectivity index (χ3n) is 3.70. The third-order valence-corrected chi connectivity index (χ3v) is 4.37. The number of nitrogens with zero attached hydrogens (tertiary/aromatic N) is 1. The molecular formula is C18H22F3N3O3S. The molecule has 0 fully saturated rings.